The number of benzene rings is 2. The van der Waals surface area contributed by atoms with Gasteiger partial charge in [0.1, 0.15) is 17.2 Å². The number of hydrogen-bond acceptors (Lipinski definition) is 6. The zero-order valence-corrected chi connectivity index (χ0v) is 17.4. The number of aliphatic hydroxyl groups excluding tert-OH is 1. The summed E-state index contributed by atoms with van der Waals surface area (Å²) in [6, 6.07) is 14.3. The van der Waals surface area contributed by atoms with E-state index < -0.39 is 0 Å². The molecule has 4 rings (SSSR count). The van der Waals surface area contributed by atoms with E-state index in [0.29, 0.717) is 40.8 Å². The van der Waals surface area contributed by atoms with Crippen molar-refractivity contribution in [3.05, 3.63) is 71.0 Å². The summed E-state index contributed by atoms with van der Waals surface area (Å²) < 4.78 is 13.7. The number of hydrogen-bond donors (Lipinski definition) is 3. The Kier molecular flexibility index (Phi) is 5.81. The minimum absolute atomic E-state index is 0.0664. The number of rotatable bonds is 6. The fourth-order valence-electron chi connectivity index (χ4n) is 3.75. The van der Waals surface area contributed by atoms with Gasteiger partial charge in [-0.2, -0.15) is 4.98 Å². The van der Waals surface area contributed by atoms with Crippen molar-refractivity contribution in [1.29, 1.82) is 0 Å². The standard InChI is InChI=1S/C23H24FN5O2/c1-14-12-17(24)8-9-18(14)20-19-21(28-23(27-20)25-10-11-30)29(13-26-22(19)31)15(2)16-6-4-3-5-7-16/h3-9,12,15,30H,10-11,13H2,1-2H3,(H,26,31)(H,25,27,28)/t15-/m0/s1. The number of halogens is 1. The zero-order chi connectivity index (χ0) is 22.0. The first-order valence-electron chi connectivity index (χ1n) is 10.1. The van der Waals surface area contributed by atoms with Crippen LogP contribution in [0.15, 0.2) is 48.5 Å². The second-order valence-electron chi connectivity index (χ2n) is 7.42. The van der Waals surface area contributed by atoms with Crippen LogP contribution in [0.2, 0.25) is 0 Å². The summed E-state index contributed by atoms with van der Waals surface area (Å²) in [5.74, 6) is 0.159. The molecule has 7 nitrogen and oxygen atoms in total. The van der Waals surface area contributed by atoms with E-state index in [-0.39, 0.29) is 30.9 Å². The molecule has 3 aromatic rings. The minimum atomic E-state index is -0.355. The van der Waals surface area contributed by atoms with Crippen LogP contribution in [0.1, 0.15) is 34.5 Å². The number of carbonyl (C=O) groups is 1. The number of aliphatic hydroxyl groups is 1. The van der Waals surface area contributed by atoms with E-state index in [2.05, 4.69) is 20.6 Å². The molecule has 0 bridgehead atoms. The van der Waals surface area contributed by atoms with Crippen molar-refractivity contribution >= 4 is 17.7 Å². The molecule has 1 aromatic heterocycles. The molecule has 0 saturated carbocycles. The van der Waals surface area contributed by atoms with Crippen LogP contribution in [-0.4, -0.2) is 40.8 Å². The maximum absolute atomic E-state index is 13.7. The summed E-state index contributed by atoms with van der Waals surface area (Å²) >= 11 is 0. The van der Waals surface area contributed by atoms with Crippen molar-refractivity contribution < 1.29 is 14.3 Å². The maximum atomic E-state index is 13.7. The molecule has 0 fully saturated rings. The number of fused-ring (bicyclic) bond motifs is 1. The van der Waals surface area contributed by atoms with Gasteiger partial charge in [0.15, 0.2) is 0 Å². The molecule has 1 amide bonds. The first-order valence-corrected chi connectivity index (χ1v) is 10.1. The number of nitrogens with one attached hydrogen (secondary N) is 2. The molecule has 2 aromatic carbocycles. The van der Waals surface area contributed by atoms with E-state index in [1.165, 1.54) is 12.1 Å². The summed E-state index contributed by atoms with van der Waals surface area (Å²) in [6.45, 7) is 4.29. The van der Waals surface area contributed by atoms with Crippen LogP contribution in [0.3, 0.4) is 0 Å². The molecule has 0 radical (unpaired) electrons. The van der Waals surface area contributed by atoms with Crippen LogP contribution >= 0.6 is 0 Å². The number of carbonyl (C=O) groups excluding carboxylic acids is 1. The van der Waals surface area contributed by atoms with Gasteiger partial charge in [0.2, 0.25) is 5.95 Å². The van der Waals surface area contributed by atoms with Gasteiger partial charge in [-0.05, 0) is 43.2 Å². The molecular weight excluding hydrogens is 397 g/mol. The lowest BCUT2D eigenvalue weighted by molar-refractivity contribution is 0.0946. The van der Waals surface area contributed by atoms with Gasteiger partial charge in [0.05, 0.1) is 25.0 Å². The van der Waals surface area contributed by atoms with Gasteiger partial charge in [-0.3, -0.25) is 4.79 Å². The van der Waals surface area contributed by atoms with E-state index in [4.69, 9.17) is 0 Å². The van der Waals surface area contributed by atoms with Crippen LogP contribution in [0, 0.1) is 12.7 Å². The van der Waals surface area contributed by atoms with Gasteiger partial charge in [0.25, 0.3) is 5.91 Å². The van der Waals surface area contributed by atoms with Crippen molar-refractivity contribution in [2.45, 2.75) is 19.9 Å². The number of anilines is 2. The highest BCUT2D eigenvalue weighted by Crippen LogP contribution is 2.37. The average Bonchev–Trinajstić information content (AvgIpc) is 2.77. The lowest BCUT2D eigenvalue weighted by Gasteiger charge is -2.36. The van der Waals surface area contributed by atoms with Crippen molar-refractivity contribution in [2.24, 2.45) is 0 Å². The molecule has 1 aliphatic heterocycles. The molecule has 31 heavy (non-hydrogen) atoms. The second kappa shape index (κ2) is 8.69. The molecule has 1 atom stereocenters. The van der Waals surface area contributed by atoms with Crippen LogP contribution in [0.4, 0.5) is 16.2 Å². The van der Waals surface area contributed by atoms with Crippen LogP contribution in [0.5, 0.6) is 0 Å². The van der Waals surface area contributed by atoms with Crippen molar-refractivity contribution in [2.75, 3.05) is 30.0 Å². The molecule has 0 unspecified atom stereocenters. The molecule has 3 N–H and O–H groups in total. The first kappa shape index (κ1) is 20.7. The van der Waals surface area contributed by atoms with Crippen molar-refractivity contribution in [3.8, 4) is 11.3 Å². The lowest BCUT2D eigenvalue weighted by atomic mass is 9.98. The monoisotopic (exact) mass is 421 g/mol. The Balaban J connectivity index is 1.90. The number of nitrogens with zero attached hydrogens (tertiary/aromatic N) is 3. The average molecular weight is 421 g/mol. The normalized spacial score (nSPS) is 14.1. The quantitative estimate of drug-likeness (QED) is 0.566. The van der Waals surface area contributed by atoms with Crippen LogP contribution in [-0.2, 0) is 0 Å². The Hall–Kier alpha value is -3.52. The van der Waals surface area contributed by atoms with E-state index in [0.717, 1.165) is 5.56 Å². The van der Waals surface area contributed by atoms with Gasteiger partial charge in [-0.25, -0.2) is 9.37 Å². The third kappa shape index (κ3) is 4.06. The first-order chi connectivity index (χ1) is 15.0. The van der Waals surface area contributed by atoms with Gasteiger partial charge in [-0.15, -0.1) is 0 Å². The molecule has 2 heterocycles. The summed E-state index contributed by atoms with van der Waals surface area (Å²) in [6.07, 6.45) is 0. The highest BCUT2D eigenvalue weighted by molar-refractivity contribution is 6.06. The third-order valence-corrected chi connectivity index (χ3v) is 5.39. The molecule has 0 spiro atoms. The Morgan fingerprint density at radius 3 is 2.71 bits per heavy atom. The summed E-state index contributed by atoms with van der Waals surface area (Å²) in [7, 11) is 0. The predicted octanol–water partition coefficient (Wildman–Crippen LogP) is 3.26. The Labute approximate surface area is 180 Å². The second-order valence-corrected chi connectivity index (χ2v) is 7.42. The molecule has 0 aliphatic carbocycles. The molecule has 160 valence electrons. The highest BCUT2D eigenvalue weighted by atomic mass is 19.1. The Bertz CT molecular complexity index is 1110. The third-order valence-electron chi connectivity index (χ3n) is 5.39. The lowest BCUT2D eigenvalue weighted by Crippen LogP contribution is -2.45. The summed E-state index contributed by atoms with van der Waals surface area (Å²) in [5.41, 5.74) is 3.16. The molecule has 1 aliphatic rings. The molecule has 0 saturated heterocycles. The SMILES string of the molecule is Cc1cc(F)ccc1-c1nc(NCCO)nc2c1C(=O)NCN2[C@@H](C)c1ccccc1. The van der Waals surface area contributed by atoms with E-state index in [9.17, 15) is 14.3 Å². The van der Waals surface area contributed by atoms with Crippen LogP contribution < -0.4 is 15.5 Å². The van der Waals surface area contributed by atoms with E-state index in [1.807, 2.05) is 42.2 Å². The summed E-state index contributed by atoms with van der Waals surface area (Å²) in [4.78, 5) is 24.1. The highest BCUT2D eigenvalue weighted by Gasteiger charge is 2.32. The maximum Gasteiger partial charge on any atom is 0.258 e. The fourth-order valence-corrected chi connectivity index (χ4v) is 3.75. The Morgan fingerprint density at radius 1 is 1.23 bits per heavy atom. The predicted molar refractivity (Wildman–Crippen MR) is 117 cm³/mol. The number of aryl methyl sites for hydroxylation is 1. The zero-order valence-electron chi connectivity index (χ0n) is 17.4. The van der Waals surface area contributed by atoms with E-state index >= 15 is 0 Å². The van der Waals surface area contributed by atoms with Crippen LogP contribution in [0.25, 0.3) is 11.3 Å². The van der Waals surface area contributed by atoms with Gasteiger partial charge >= 0.3 is 0 Å². The number of aromatic nitrogens is 2. The molecule has 8 heteroatoms. The van der Waals surface area contributed by atoms with Gasteiger partial charge < -0.3 is 20.6 Å². The Morgan fingerprint density at radius 2 is 2.00 bits per heavy atom. The smallest absolute Gasteiger partial charge is 0.258 e. The van der Waals surface area contributed by atoms with E-state index in [1.54, 1.807) is 13.0 Å². The fraction of sp³-hybridized carbons (Fsp3) is 0.261. The van der Waals surface area contributed by atoms with Crippen molar-refractivity contribution in [1.82, 2.24) is 15.3 Å². The topological polar surface area (TPSA) is 90.4 Å². The summed E-state index contributed by atoms with van der Waals surface area (Å²) in [5, 5.41) is 15.1. The largest absolute Gasteiger partial charge is 0.395 e. The molecular formula is C23H24FN5O2. The van der Waals surface area contributed by atoms with Gasteiger partial charge in [-0.1, -0.05) is 30.3 Å². The van der Waals surface area contributed by atoms with Gasteiger partial charge in [0, 0.05) is 12.1 Å². The van der Waals surface area contributed by atoms with Crippen molar-refractivity contribution in [3.63, 3.8) is 0 Å². The number of amides is 1. The minimum Gasteiger partial charge on any atom is -0.395 e.